The average Bonchev–Trinajstić information content (AvgIpc) is 2.82. The van der Waals surface area contributed by atoms with Crippen molar-refractivity contribution in [2.24, 2.45) is 0 Å². The van der Waals surface area contributed by atoms with E-state index in [1.54, 1.807) is 24.3 Å². The van der Waals surface area contributed by atoms with Crippen LogP contribution >= 0.6 is 0 Å². The molecule has 1 aromatic heterocycles. The first-order valence-corrected chi connectivity index (χ1v) is 12.0. The van der Waals surface area contributed by atoms with Gasteiger partial charge < -0.3 is 14.6 Å². The van der Waals surface area contributed by atoms with Crippen LogP contribution in [0.15, 0.2) is 87.5 Å². The molecule has 4 aromatic rings. The lowest BCUT2D eigenvalue weighted by molar-refractivity contribution is -0.116. The molecule has 1 amide bonds. The van der Waals surface area contributed by atoms with Crippen molar-refractivity contribution in [2.45, 2.75) is 23.3 Å². The van der Waals surface area contributed by atoms with Gasteiger partial charge >= 0.3 is 0 Å². The third kappa shape index (κ3) is 5.07. The molecule has 10 heteroatoms. The molecule has 0 bridgehead atoms. The molecule has 0 aliphatic rings. The van der Waals surface area contributed by atoms with Crippen LogP contribution < -0.4 is 15.5 Å². The van der Waals surface area contributed by atoms with Crippen molar-refractivity contribution in [3.8, 4) is 5.75 Å². The first-order chi connectivity index (χ1) is 16.7. The van der Waals surface area contributed by atoms with Crippen LogP contribution in [0.5, 0.6) is 5.75 Å². The Morgan fingerprint density at radius 3 is 2.29 bits per heavy atom. The normalized spacial score (nSPS) is 11.4. The Hall–Kier alpha value is -4.05. The highest BCUT2D eigenvalue weighted by Gasteiger charge is 2.24. The number of rotatable bonds is 7. The fourth-order valence-corrected chi connectivity index (χ4v) is 4.93. The maximum Gasteiger partial charge on any atom is 0.244 e. The summed E-state index contributed by atoms with van der Waals surface area (Å²) >= 11 is 0. The molecule has 1 N–H and O–H groups in total. The Balaban J connectivity index is 1.74. The van der Waals surface area contributed by atoms with Crippen molar-refractivity contribution < 1.29 is 26.7 Å². The molecule has 1 heterocycles. The van der Waals surface area contributed by atoms with E-state index in [0.717, 1.165) is 42.6 Å². The lowest BCUT2D eigenvalue weighted by atomic mass is 10.2. The largest absolute Gasteiger partial charge is 0.494 e. The van der Waals surface area contributed by atoms with Gasteiger partial charge in [-0.15, -0.1) is 0 Å². The summed E-state index contributed by atoms with van der Waals surface area (Å²) < 4.78 is 60.2. The second-order valence-corrected chi connectivity index (χ2v) is 9.49. The van der Waals surface area contributed by atoms with Crippen molar-refractivity contribution in [2.75, 3.05) is 11.9 Å². The Kier molecular flexibility index (Phi) is 6.65. The Labute approximate surface area is 199 Å². The van der Waals surface area contributed by atoms with Crippen molar-refractivity contribution in [3.63, 3.8) is 0 Å². The maximum absolute atomic E-state index is 14.0. The van der Waals surface area contributed by atoms with Crippen LogP contribution in [0.1, 0.15) is 6.92 Å². The van der Waals surface area contributed by atoms with E-state index in [1.165, 1.54) is 10.6 Å². The molecule has 0 aliphatic carbocycles. The number of hydrogen-bond acceptors (Lipinski definition) is 5. The zero-order chi connectivity index (χ0) is 25.2. The van der Waals surface area contributed by atoms with Gasteiger partial charge in [-0.25, -0.2) is 17.2 Å². The van der Waals surface area contributed by atoms with Crippen molar-refractivity contribution in [1.29, 1.82) is 0 Å². The molecule has 0 radical (unpaired) electrons. The minimum atomic E-state index is -4.39. The molecule has 4 rings (SSSR count). The van der Waals surface area contributed by atoms with E-state index in [9.17, 15) is 26.8 Å². The van der Waals surface area contributed by atoms with E-state index in [2.05, 4.69) is 5.32 Å². The molecule has 0 aliphatic heterocycles. The fourth-order valence-electron chi connectivity index (χ4n) is 3.56. The number of fused-ring (bicyclic) bond motifs is 1. The van der Waals surface area contributed by atoms with Crippen LogP contribution in [-0.4, -0.2) is 25.5 Å². The zero-order valence-electron chi connectivity index (χ0n) is 18.5. The van der Waals surface area contributed by atoms with E-state index in [1.807, 2.05) is 6.92 Å². The van der Waals surface area contributed by atoms with Crippen LogP contribution in [0, 0.1) is 11.6 Å². The van der Waals surface area contributed by atoms with E-state index >= 15 is 0 Å². The van der Waals surface area contributed by atoms with Gasteiger partial charge in [0.25, 0.3) is 0 Å². The average molecular weight is 499 g/mol. The molecule has 35 heavy (non-hydrogen) atoms. The molecule has 0 atom stereocenters. The topological polar surface area (TPSA) is 94.5 Å². The number of halogens is 2. The summed E-state index contributed by atoms with van der Waals surface area (Å²) in [6.07, 6.45) is 1.04. The number of anilines is 1. The highest BCUT2D eigenvalue weighted by atomic mass is 32.2. The summed E-state index contributed by atoms with van der Waals surface area (Å²) in [5.41, 5.74) is -0.266. The quantitative estimate of drug-likeness (QED) is 0.387. The summed E-state index contributed by atoms with van der Waals surface area (Å²) in [4.78, 5) is 24.8. The number of nitrogens with one attached hydrogen (secondary N) is 1. The third-order valence-corrected chi connectivity index (χ3v) is 6.95. The first-order valence-electron chi connectivity index (χ1n) is 10.5. The molecule has 0 saturated heterocycles. The second kappa shape index (κ2) is 9.67. The Morgan fingerprint density at radius 1 is 0.971 bits per heavy atom. The fraction of sp³-hybridized carbons (Fsp3) is 0.120. The lowest BCUT2D eigenvalue weighted by Gasteiger charge is -2.14. The molecule has 0 spiro atoms. The maximum atomic E-state index is 14.0. The third-order valence-electron chi connectivity index (χ3n) is 5.19. The van der Waals surface area contributed by atoms with Crippen LogP contribution in [0.4, 0.5) is 14.5 Å². The molecular formula is C25H20F2N2O5S. The number of carbonyl (C=O) groups is 1. The SMILES string of the molecule is CCOc1ccc(NC(=O)Cn2cc(S(=O)(=O)c3ccc(F)cc3)c(=O)c3cc(F)ccc32)cc1. The first kappa shape index (κ1) is 24.1. The highest BCUT2D eigenvalue weighted by Crippen LogP contribution is 2.22. The molecular weight excluding hydrogens is 478 g/mol. The van der Waals surface area contributed by atoms with Gasteiger partial charge in [0, 0.05) is 17.3 Å². The van der Waals surface area contributed by atoms with Gasteiger partial charge in [-0.2, -0.15) is 0 Å². The predicted octanol–water partition coefficient (Wildman–Crippen LogP) is 4.15. The van der Waals surface area contributed by atoms with Gasteiger partial charge in [-0.1, -0.05) is 0 Å². The Bertz CT molecular complexity index is 1570. The summed E-state index contributed by atoms with van der Waals surface area (Å²) in [5, 5.41) is 2.48. The molecule has 7 nitrogen and oxygen atoms in total. The van der Waals surface area contributed by atoms with Gasteiger partial charge in [-0.3, -0.25) is 9.59 Å². The number of aromatic nitrogens is 1. The monoisotopic (exact) mass is 498 g/mol. The summed E-state index contributed by atoms with van der Waals surface area (Å²) in [5.74, 6) is -1.26. The smallest absolute Gasteiger partial charge is 0.244 e. The van der Waals surface area contributed by atoms with Gasteiger partial charge in [-0.05, 0) is 73.7 Å². The predicted molar refractivity (Wildman–Crippen MR) is 126 cm³/mol. The number of sulfone groups is 1. The molecule has 180 valence electrons. The molecule has 0 unspecified atom stereocenters. The molecule has 0 fully saturated rings. The zero-order valence-corrected chi connectivity index (χ0v) is 19.3. The number of benzene rings is 3. The highest BCUT2D eigenvalue weighted by molar-refractivity contribution is 7.91. The van der Waals surface area contributed by atoms with Gasteiger partial charge in [0.15, 0.2) is 0 Å². The van der Waals surface area contributed by atoms with E-state index in [0.29, 0.717) is 18.0 Å². The summed E-state index contributed by atoms with van der Waals surface area (Å²) in [6.45, 7) is 1.98. The van der Waals surface area contributed by atoms with E-state index in [-0.39, 0.29) is 22.3 Å². The van der Waals surface area contributed by atoms with Gasteiger partial charge in [0.05, 0.1) is 17.0 Å². The molecule has 3 aromatic carbocycles. The molecule has 0 saturated carbocycles. The minimum Gasteiger partial charge on any atom is -0.494 e. The number of carbonyl (C=O) groups excluding carboxylic acids is 1. The van der Waals surface area contributed by atoms with Crippen molar-refractivity contribution >= 4 is 32.3 Å². The summed E-state index contributed by atoms with van der Waals surface area (Å²) in [7, 11) is -4.39. The number of pyridine rings is 1. The van der Waals surface area contributed by atoms with E-state index in [4.69, 9.17) is 4.74 Å². The Morgan fingerprint density at radius 2 is 1.63 bits per heavy atom. The number of ether oxygens (including phenoxy) is 1. The van der Waals surface area contributed by atoms with Crippen LogP contribution in [0.2, 0.25) is 0 Å². The van der Waals surface area contributed by atoms with Gasteiger partial charge in [0.2, 0.25) is 21.2 Å². The van der Waals surface area contributed by atoms with E-state index < -0.39 is 37.7 Å². The van der Waals surface area contributed by atoms with Crippen molar-refractivity contribution in [3.05, 3.63) is 94.8 Å². The lowest BCUT2D eigenvalue weighted by Crippen LogP contribution is -2.24. The van der Waals surface area contributed by atoms with Crippen LogP contribution in [-0.2, 0) is 21.2 Å². The van der Waals surface area contributed by atoms with Crippen molar-refractivity contribution in [1.82, 2.24) is 4.57 Å². The number of nitrogens with zero attached hydrogens (tertiary/aromatic N) is 1. The summed E-state index contributed by atoms with van der Waals surface area (Å²) in [6, 6.07) is 14.0. The minimum absolute atomic E-state index is 0.177. The van der Waals surface area contributed by atoms with Crippen LogP contribution in [0.3, 0.4) is 0 Å². The van der Waals surface area contributed by atoms with Gasteiger partial charge in [0.1, 0.15) is 28.8 Å². The number of hydrogen-bond donors (Lipinski definition) is 1. The number of amides is 1. The second-order valence-electron chi connectivity index (χ2n) is 7.57. The van der Waals surface area contributed by atoms with Crippen LogP contribution in [0.25, 0.3) is 10.9 Å². The standard InChI is InChI=1S/C25H20F2N2O5S/c1-2-34-19-8-6-18(7-9-19)28-24(30)15-29-14-23(25(31)21-13-17(27)5-12-22(21)29)35(32,33)20-10-3-16(26)4-11-20/h3-14H,2,15H2,1H3,(H,28,30).